The summed E-state index contributed by atoms with van der Waals surface area (Å²) in [6.45, 7) is 1.32. The van der Waals surface area contributed by atoms with Gasteiger partial charge < -0.3 is 4.90 Å². The Kier molecular flexibility index (Phi) is 3.94. The lowest BCUT2D eigenvalue weighted by atomic mass is 10.0. The van der Waals surface area contributed by atoms with Crippen LogP contribution in [0.4, 0.5) is 0 Å². The molecule has 0 aliphatic carbocycles. The second-order valence-electron chi connectivity index (χ2n) is 4.71. The third-order valence-corrected chi connectivity index (χ3v) is 4.59. The lowest BCUT2D eigenvalue weighted by Gasteiger charge is -2.28. The topological polar surface area (TPSA) is 33.2 Å². The van der Waals surface area contributed by atoms with Gasteiger partial charge in [-0.2, -0.15) is 0 Å². The summed E-state index contributed by atoms with van der Waals surface area (Å²) in [6, 6.07) is 9.36. The van der Waals surface area contributed by atoms with Crippen LogP contribution in [-0.2, 0) is 13.0 Å². The number of halogens is 2. The van der Waals surface area contributed by atoms with E-state index in [2.05, 4.69) is 27.6 Å². The molecule has 1 amide bonds. The smallest absolute Gasteiger partial charge is 0.255 e. The first-order valence-electron chi connectivity index (χ1n) is 6.32. The fourth-order valence-corrected chi connectivity index (χ4v) is 3.11. The molecular formula is C15H12ClIN2O. The highest BCUT2D eigenvalue weighted by atomic mass is 127. The van der Waals surface area contributed by atoms with Crippen LogP contribution in [0.25, 0.3) is 0 Å². The molecule has 1 aliphatic rings. The zero-order chi connectivity index (χ0) is 14.1. The van der Waals surface area contributed by atoms with E-state index in [4.69, 9.17) is 11.6 Å². The van der Waals surface area contributed by atoms with Gasteiger partial charge in [-0.1, -0.05) is 17.7 Å². The highest BCUT2D eigenvalue weighted by molar-refractivity contribution is 14.1. The Morgan fingerprint density at radius 3 is 3.05 bits per heavy atom. The molecule has 0 spiro atoms. The summed E-state index contributed by atoms with van der Waals surface area (Å²) in [7, 11) is 0. The van der Waals surface area contributed by atoms with E-state index in [0.717, 1.165) is 21.2 Å². The molecule has 0 saturated carbocycles. The predicted molar refractivity (Wildman–Crippen MR) is 86.9 cm³/mol. The van der Waals surface area contributed by atoms with Crippen molar-refractivity contribution < 1.29 is 4.79 Å². The number of rotatable bonds is 1. The number of amides is 1. The number of nitrogens with zero attached hydrogens (tertiary/aromatic N) is 2. The van der Waals surface area contributed by atoms with Crippen LogP contribution in [-0.4, -0.2) is 22.3 Å². The van der Waals surface area contributed by atoms with Crippen molar-refractivity contribution in [3.05, 3.63) is 61.9 Å². The van der Waals surface area contributed by atoms with Gasteiger partial charge in [0.05, 0.1) is 5.56 Å². The third-order valence-electron chi connectivity index (χ3n) is 3.41. The molecule has 0 saturated heterocycles. The second kappa shape index (κ2) is 5.69. The Morgan fingerprint density at radius 1 is 1.35 bits per heavy atom. The van der Waals surface area contributed by atoms with Crippen LogP contribution in [0.3, 0.4) is 0 Å². The van der Waals surface area contributed by atoms with Crippen LogP contribution >= 0.6 is 34.2 Å². The molecule has 1 aliphatic heterocycles. The summed E-state index contributed by atoms with van der Waals surface area (Å²) in [6.07, 6.45) is 2.61. The van der Waals surface area contributed by atoms with Crippen LogP contribution in [0.5, 0.6) is 0 Å². The van der Waals surface area contributed by atoms with Crippen molar-refractivity contribution in [2.24, 2.45) is 0 Å². The molecule has 1 aromatic carbocycles. The molecule has 0 atom stereocenters. The molecular weight excluding hydrogens is 387 g/mol. The quantitative estimate of drug-likeness (QED) is 0.689. The SMILES string of the molecule is O=C(c1cc(Cl)ccc1I)N1CCc2ncccc2C1. The van der Waals surface area contributed by atoms with Gasteiger partial charge in [-0.05, 0) is 52.4 Å². The molecule has 20 heavy (non-hydrogen) atoms. The molecule has 5 heteroatoms. The number of benzene rings is 1. The number of fused-ring (bicyclic) bond motifs is 1. The normalized spacial score (nSPS) is 14.0. The number of hydrogen-bond acceptors (Lipinski definition) is 2. The van der Waals surface area contributed by atoms with Crippen molar-refractivity contribution in [3.8, 4) is 0 Å². The molecule has 1 aromatic heterocycles. The predicted octanol–water partition coefficient (Wildman–Crippen LogP) is 3.54. The van der Waals surface area contributed by atoms with E-state index in [1.165, 1.54) is 0 Å². The maximum Gasteiger partial charge on any atom is 0.255 e. The monoisotopic (exact) mass is 398 g/mol. The van der Waals surface area contributed by atoms with Crippen molar-refractivity contribution in [3.63, 3.8) is 0 Å². The fraction of sp³-hybridized carbons (Fsp3) is 0.200. The van der Waals surface area contributed by atoms with Crippen molar-refractivity contribution >= 4 is 40.1 Å². The van der Waals surface area contributed by atoms with Crippen molar-refractivity contribution in [2.45, 2.75) is 13.0 Å². The van der Waals surface area contributed by atoms with Gasteiger partial charge in [0.2, 0.25) is 0 Å². The van der Waals surface area contributed by atoms with Gasteiger partial charge in [0.1, 0.15) is 0 Å². The van der Waals surface area contributed by atoms with E-state index < -0.39 is 0 Å². The number of pyridine rings is 1. The van der Waals surface area contributed by atoms with Crippen molar-refractivity contribution in [2.75, 3.05) is 6.54 Å². The van der Waals surface area contributed by atoms with E-state index >= 15 is 0 Å². The summed E-state index contributed by atoms with van der Waals surface area (Å²) >= 11 is 8.17. The molecule has 0 radical (unpaired) electrons. The van der Waals surface area contributed by atoms with Gasteiger partial charge in [-0.25, -0.2) is 0 Å². The molecule has 0 N–H and O–H groups in total. The fourth-order valence-electron chi connectivity index (χ4n) is 2.37. The Bertz CT molecular complexity index is 675. The maximum absolute atomic E-state index is 12.6. The van der Waals surface area contributed by atoms with Crippen LogP contribution in [0, 0.1) is 3.57 Å². The minimum Gasteiger partial charge on any atom is -0.334 e. The average molecular weight is 399 g/mol. The minimum absolute atomic E-state index is 0.0337. The standard InChI is InChI=1S/C15H12ClIN2O/c16-11-3-4-13(17)12(8-11)15(20)19-7-5-14-10(9-19)2-1-6-18-14/h1-4,6,8H,5,7,9H2. The molecule has 3 rings (SSSR count). The Hall–Kier alpha value is -1.14. The van der Waals surface area contributed by atoms with Crippen LogP contribution in [0.2, 0.25) is 5.02 Å². The first kappa shape index (κ1) is 13.8. The summed E-state index contributed by atoms with van der Waals surface area (Å²) in [5.74, 6) is 0.0337. The van der Waals surface area contributed by atoms with Crippen molar-refractivity contribution in [1.82, 2.24) is 9.88 Å². The van der Waals surface area contributed by atoms with Gasteiger partial charge in [-0.3, -0.25) is 9.78 Å². The molecule has 0 fully saturated rings. The van der Waals surface area contributed by atoms with Gasteiger partial charge in [0.15, 0.2) is 0 Å². The minimum atomic E-state index is 0.0337. The van der Waals surface area contributed by atoms with E-state index in [9.17, 15) is 4.79 Å². The first-order valence-corrected chi connectivity index (χ1v) is 7.78. The average Bonchev–Trinajstić information content (AvgIpc) is 2.48. The van der Waals surface area contributed by atoms with E-state index in [-0.39, 0.29) is 5.91 Å². The number of hydrogen-bond donors (Lipinski definition) is 0. The van der Waals surface area contributed by atoms with Crippen LogP contribution in [0.1, 0.15) is 21.6 Å². The number of carbonyl (C=O) groups is 1. The summed E-state index contributed by atoms with van der Waals surface area (Å²) in [4.78, 5) is 18.8. The Balaban J connectivity index is 1.88. The third kappa shape index (κ3) is 2.67. The Morgan fingerprint density at radius 2 is 2.20 bits per heavy atom. The van der Waals surface area contributed by atoms with E-state index in [1.54, 1.807) is 18.3 Å². The number of carbonyl (C=O) groups excluding carboxylic acids is 1. The molecule has 0 unspecified atom stereocenters. The molecule has 2 aromatic rings. The highest BCUT2D eigenvalue weighted by Crippen LogP contribution is 2.23. The molecule has 0 bridgehead atoms. The summed E-state index contributed by atoms with van der Waals surface area (Å²) in [5, 5.41) is 0.591. The van der Waals surface area contributed by atoms with Gasteiger partial charge in [-0.15, -0.1) is 0 Å². The molecule has 102 valence electrons. The zero-order valence-corrected chi connectivity index (χ0v) is 13.6. The molecule has 2 heterocycles. The van der Waals surface area contributed by atoms with E-state index in [1.807, 2.05) is 23.1 Å². The van der Waals surface area contributed by atoms with E-state index in [0.29, 0.717) is 23.7 Å². The lowest BCUT2D eigenvalue weighted by Crippen LogP contribution is -2.36. The van der Waals surface area contributed by atoms with Gasteiger partial charge >= 0.3 is 0 Å². The Labute approximate surface area is 136 Å². The van der Waals surface area contributed by atoms with Crippen LogP contribution < -0.4 is 0 Å². The van der Waals surface area contributed by atoms with Crippen LogP contribution in [0.15, 0.2) is 36.5 Å². The molecule has 3 nitrogen and oxygen atoms in total. The first-order chi connectivity index (χ1) is 9.65. The summed E-state index contributed by atoms with van der Waals surface area (Å²) < 4.78 is 0.925. The summed E-state index contributed by atoms with van der Waals surface area (Å²) in [5.41, 5.74) is 2.90. The zero-order valence-electron chi connectivity index (χ0n) is 10.6. The lowest BCUT2D eigenvalue weighted by molar-refractivity contribution is 0.0732. The number of aromatic nitrogens is 1. The van der Waals surface area contributed by atoms with Gasteiger partial charge in [0.25, 0.3) is 5.91 Å². The van der Waals surface area contributed by atoms with Crippen molar-refractivity contribution in [1.29, 1.82) is 0 Å². The second-order valence-corrected chi connectivity index (χ2v) is 6.31. The highest BCUT2D eigenvalue weighted by Gasteiger charge is 2.23. The van der Waals surface area contributed by atoms with Gasteiger partial charge in [0, 0.05) is 40.0 Å². The largest absolute Gasteiger partial charge is 0.334 e. The maximum atomic E-state index is 12.6.